The fraction of sp³-hybridized carbons (Fsp3) is 1.00. The smallest absolute Gasteiger partial charge is 0.118 e. The standard InChI is InChI=1S/C12H13Cl7/c1-7(2)8(13)4-10(16,11(17,18)5-8)12(7,19)6-3-9(6,14)15/h6H,3-5H2,1-2H3. The highest BCUT2D eigenvalue weighted by Crippen LogP contribution is 2.83. The Labute approximate surface area is 148 Å². The summed E-state index contributed by atoms with van der Waals surface area (Å²) >= 11 is 46.0. The van der Waals surface area contributed by atoms with Gasteiger partial charge in [0, 0.05) is 17.8 Å². The van der Waals surface area contributed by atoms with Crippen molar-refractivity contribution in [2.45, 2.75) is 56.4 Å². The van der Waals surface area contributed by atoms with Gasteiger partial charge in [0.2, 0.25) is 0 Å². The Morgan fingerprint density at radius 1 is 0.842 bits per heavy atom. The van der Waals surface area contributed by atoms with Crippen LogP contribution in [0.4, 0.5) is 0 Å². The highest BCUT2D eigenvalue weighted by molar-refractivity contribution is 6.58. The van der Waals surface area contributed by atoms with Gasteiger partial charge in [0.15, 0.2) is 0 Å². The predicted octanol–water partition coefficient (Wildman–Crippen LogP) is 6.12. The van der Waals surface area contributed by atoms with E-state index in [0.29, 0.717) is 19.3 Å². The predicted molar refractivity (Wildman–Crippen MR) is 85.7 cm³/mol. The molecule has 7 heteroatoms. The second kappa shape index (κ2) is 3.74. The number of halogens is 7. The second-order valence-corrected chi connectivity index (χ2v) is 11.7. The molecule has 0 spiro atoms. The Balaban J connectivity index is 2.19. The Morgan fingerprint density at radius 3 is 1.68 bits per heavy atom. The van der Waals surface area contributed by atoms with E-state index >= 15 is 0 Å². The van der Waals surface area contributed by atoms with Crippen molar-refractivity contribution in [1.29, 1.82) is 0 Å². The van der Waals surface area contributed by atoms with E-state index in [2.05, 4.69) is 0 Å². The van der Waals surface area contributed by atoms with E-state index < -0.39 is 28.7 Å². The molecule has 110 valence electrons. The largest absolute Gasteiger partial charge is 0.140 e. The first-order valence-electron chi connectivity index (χ1n) is 6.08. The van der Waals surface area contributed by atoms with Crippen LogP contribution in [0.25, 0.3) is 0 Å². The maximum Gasteiger partial charge on any atom is 0.140 e. The Hall–Kier alpha value is 2.03. The van der Waals surface area contributed by atoms with Crippen LogP contribution in [0.15, 0.2) is 0 Å². The lowest BCUT2D eigenvalue weighted by molar-refractivity contribution is 0.146. The summed E-state index contributed by atoms with van der Waals surface area (Å²) < 4.78 is -2.05. The van der Waals surface area contributed by atoms with Crippen molar-refractivity contribution in [3.63, 3.8) is 0 Å². The van der Waals surface area contributed by atoms with Crippen molar-refractivity contribution >= 4 is 81.2 Å². The van der Waals surface area contributed by atoms with E-state index in [4.69, 9.17) is 81.2 Å². The zero-order valence-electron chi connectivity index (χ0n) is 10.3. The van der Waals surface area contributed by atoms with Gasteiger partial charge in [-0.3, -0.25) is 0 Å². The van der Waals surface area contributed by atoms with Crippen LogP contribution in [-0.2, 0) is 0 Å². The zero-order valence-corrected chi connectivity index (χ0v) is 15.6. The molecule has 0 aromatic heterocycles. The molecule has 2 bridgehead atoms. The van der Waals surface area contributed by atoms with Gasteiger partial charge < -0.3 is 0 Å². The molecule has 0 aromatic rings. The quantitative estimate of drug-likeness (QED) is 0.461. The van der Waals surface area contributed by atoms with Gasteiger partial charge in [0.05, 0.1) is 14.6 Å². The summed E-state index contributed by atoms with van der Waals surface area (Å²) in [4.78, 5) is -2.62. The van der Waals surface area contributed by atoms with E-state index in [1.54, 1.807) is 0 Å². The summed E-state index contributed by atoms with van der Waals surface area (Å²) in [5.41, 5.74) is -0.478. The van der Waals surface area contributed by atoms with Crippen LogP contribution >= 0.6 is 81.2 Å². The lowest BCUT2D eigenvalue weighted by Gasteiger charge is -2.55. The molecule has 0 radical (unpaired) electrons. The van der Waals surface area contributed by atoms with Crippen LogP contribution in [0.3, 0.4) is 0 Å². The zero-order chi connectivity index (χ0) is 14.7. The maximum atomic E-state index is 7.00. The summed E-state index contributed by atoms with van der Waals surface area (Å²) in [6.45, 7) is 4.00. The monoisotopic (exact) mass is 402 g/mol. The summed E-state index contributed by atoms with van der Waals surface area (Å²) in [6.07, 6.45) is 1.43. The molecule has 0 aromatic carbocycles. The van der Waals surface area contributed by atoms with Gasteiger partial charge in [-0.05, 0) is 12.8 Å². The second-order valence-electron chi connectivity index (χ2n) is 6.68. The van der Waals surface area contributed by atoms with Gasteiger partial charge in [-0.1, -0.05) is 37.0 Å². The molecular weight excluding hydrogens is 392 g/mol. The van der Waals surface area contributed by atoms with Gasteiger partial charge in [-0.25, -0.2) is 0 Å². The van der Waals surface area contributed by atoms with E-state index in [9.17, 15) is 0 Å². The summed E-state index contributed by atoms with van der Waals surface area (Å²) in [5.74, 6) is -0.171. The first-order valence-corrected chi connectivity index (χ1v) is 8.72. The number of fused-ring (bicyclic) bond motifs is 2. The number of hydrogen-bond acceptors (Lipinski definition) is 0. The van der Waals surface area contributed by atoms with E-state index in [0.717, 1.165) is 0 Å². The Kier molecular flexibility index (Phi) is 3.13. The molecule has 3 saturated carbocycles. The van der Waals surface area contributed by atoms with Crippen LogP contribution < -0.4 is 0 Å². The minimum atomic E-state index is -1.18. The molecular formula is C12H13Cl7. The highest BCUT2D eigenvalue weighted by Gasteiger charge is 2.88. The van der Waals surface area contributed by atoms with Crippen molar-refractivity contribution in [2.24, 2.45) is 11.3 Å². The third-order valence-electron chi connectivity index (χ3n) is 5.52. The average Bonchev–Trinajstić information content (AvgIpc) is 2.73. The molecule has 3 rings (SSSR count). The van der Waals surface area contributed by atoms with Crippen molar-refractivity contribution in [3.05, 3.63) is 0 Å². The Morgan fingerprint density at radius 2 is 1.32 bits per heavy atom. The summed E-state index contributed by atoms with van der Waals surface area (Å²) in [6, 6.07) is 0. The van der Waals surface area contributed by atoms with E-state index in [-0.39, 0.29) is 5.92 Å². The summed E-state index contributed by atoms with van der Waals surface area (Å²) in [5, 5.41) is 0. The van der Waals surface area contributed by atoms with Crippen LogP contribution in [0, 0.1) is 11.3 Å². The third-order valence-corrected chi connectivity index (χ3v) is 10.1. The molecule has 19 heavy (non-hydrogen) atoms. The van der Waals surface area contributed by atoms with Crippen molar-refractivity contribution in [2.75, 3.05) is 0 Å². The number of alkyl halides is 7. The maximum absolute atomic E-state index is 7.00. The normalized spacial score (nSPS) is 56.4. The minimum absolute atomic E-state index is 0.171. The third kappa shape index (κ3) is 1.54. The van der Waals surface area contributed by atoms with Gasteiger partial charge in [-0.2, -0.15) is 0 Å². The van der Waals surface area contributed by atoms with Gasteiger partial charge >= 0.3 is 0 Å². The van der Waals surface area contributed by atoms with E-state index in [1.807, 2.05) is 13.8 Å². The SMILES string of the molecule is CC1(C)C2(Cl)CC(Cl)(Cl)C(Cl)(C2)C1(Cl)C1CC1(Cl)Cl. The van der Waals surface area contributed by atoms with E-state index in [1.165, 1.54) is 0 Å². The van der Waals surface area contributed by atoms with Crippen LogP contribution in [0.2, 0.25) is 0 Å². The first kappa shape index (κ1) is 15.9. The highest BCUT2D eigenvalue weighted by atomic mass is 35.5. The molecule has 0 heterocycles. The molecule has 0 amide bonds. The van der Waals surface area contributed by atoms with Crippen LogP contribution in [0.1, 0.15) is 33.1 Å². The lowest BCUT2D eigenvalue weighted by Crippen LogP contribution is -2.64. The van der Waals surface area contributed by atoms with Crippen LogP contribution in [-0.4, -0.2) is 23.3 Å². The molecule has 4 unspecified atom stereocenters. The van der Waals surface area contributed by atoms with Gasteiger partial charge in [0.1, 0.15) is 8.67 Å². The van der Waals surface area contributed by atoms with Gasteiger partial charge in [0.25, 0.3) is 0 Å². The van der Waals surface area contributed by atoms with Crippen molar-refractivity contribution < 1.29 is 0 Å². The average molecular weight is 405 g/mol. The lowest BCUT2D eigenvalue weighted by atomic mass is 9.65. The molecule has 0 aliphatic heterocycles. The number of rotatable bonds is 1. The van der Waals surface area contributed by atoms with Crippen LogP contribution in [0.5, 0.6) is 0 Å². The van der Waals surface area contributed by atoms with Gasteiger partial charge in [-0.15, -0.1) is 58.0 Å². The molecule has 3 aliphatic carbocycles. The minimum Gasteiger partial charge on any atom is -0.118 e. The summed E-state index contributed by atoms with van der Waals surface area (Å²) in [7, 11) is 0. The molecule has 0 nitrogen and oxygen atoms in total. The molecule has 0 saturated heterocycles. The number of hydrogen-bond donors (Lipinski definition) is 0. The first-order chi connectivity index (χ1) is 8.25. The molecule has 4 atom stereocenters. The fourth-order valence-corrected chi connectivity index (χ4v) is 7.96. The van der Waals surface area contributed by atoms with Crippen molar-refractivity contribution in [1.82, 2.24) is 0 Å². The molecule has 0 N–H and O–H groups in total. The topological polar surface area (TPSA) is 0 Å². The fourth-order valence-electron chi connectivity index (χ4n) is 4.08. The molecule has 3 aliphatic rings. The molecule has 3 fully saturated rings. The van der Waals surface area contributed by atoms with Crippen molar-refractivity contribution in [3.8, 4) is 0 Å². The Bertz CT molecular complexity index is 459.